The Balaban J connectivity index is 4.55. The molecule has 0 aromatic carbocycles. The van der Waals surface area contributed by atoms with Crippen molar-refractivity contribution in [3.8, 4) is 0 Å². The highest BCUT2D eigenvalue weighted by atomic mass is 32.2. The van der Waals surface area contributed by atoms with E-state index in [4.69, 9.17) is 4.74 Å². The lowest BCUT2D eigenvalue weighted by atomic mass is 10.0. The first-order valence-corrected chi connectivity index (χ1v) is 8.84. The first kappa shape index (κ1) is 20.7. The van der Waals surface area contributed by atoms with Crippen molar-refractivity contribution in [2.75, 3.05) is 5.75 Å². The molecule has 0 aromatic heterocycles. The van der Waals surface area contributed by atoms with Gasteiger partial charge in [-0.25, -0.2) is 13.2 Å². The van der Waals surface area contributed by atoms with Crippen LogP contribution in [-0.4, -0.2) is 37.3 Å². The van der Waals surface area contributed by atoms with Gasteiger partial charge in [0.1, 0.15) is 5.60 Å². The Bertz CT molecular complexity index is 504. The average molecular weight is 336 g/mol. The van der Waals surface area contributed by atoms with Gasteiger partial charge in [-0.3, -0.25) is 9.52 Å². The molecule has 0 aromatic rings. The summed E-state index contributed by atoms with van der Waals surface area (Å²) < 4.78 is 30.8. The first-order chi connectivity index (χ1) is 9.64. The summed E-state index contributed by atoms with van der Waals surface area (Å²) in [5.74, 6) is -1.23. The van der Waals surface area contributed by atoms with Gasteiger partial charge >= 0.3 is 6.09 Å². The van der Waals surface area contributed by atoms with Gasteiger partial charge in [-0.15, -0.1) is 0 Å². The van der Waals surface area contributed by atoms with Crippen molar-refractivity contribution in [3.63, 3.8) is 0 Å². The molecule has 0 aliphatic heterocycles. The van der Waals surface area contributed by atoms with Crippen molar-refractivity contribution in [1.29, 1.82) is 0 Å². The van der Waals surface area contributed by atoms with Gasteiger partial charge in [0.25, 0.3) is 0 Å². The summed E-state index contributed by atoms with van der Waals surface area (Å²) in [5, 5.41) is 2.62. The van der Waals surface area contributed by atoms with Crippen LogP contribution < -0.4 is 10.0 Å². The Hall–Kier alpha value is -1.31. The number of rotatable bonds is 6. The largest absolute Gasteiger partial charge is 0.444 e. The highest BCUT2D eigenvalue weighted by Gasteiger charge is 2.27. The normalized spacial score (nSPS) is 12.9. The molecule has 0 aliphatic carbocycles. The minimum Gasteiger partial charge on any atom is -0.444 e. The van der Waals surface area contributed by atoms with Gasteiger partial charge in [0.2, 0.25) is 15.9 Å². The molecule has 0 heterocycles. The number of carbonyl (C=O) groups excluding carboxylic acids is 2. The van der Waals surface area contributed by atoms with E-state index in [0.717, 1.165) is 0 Å². The first-order valence-electron chi connectivity index (χ1n) is 7.19. The molecule has 0 aliphatic rings. The molecule has 0 spiro atoms. The SMILES string of the molecule is CC(C)C(=O)NS(=O)(=O)CCC(C)(C)NC(=O)OC(C)(C)C. The van der Waals surface area contributed by atoms with E-state index in [9.17, 15) is 18.0 Å². The molecule has 0 rings (SSSR count). The predicted molar refractivity (Wildman–Crippen MR) is 84.8 cm³/mol. The molecule has 0 saturated heterocycles. The zero-order valence-corrected chi connectivity index (χ0v) is 15.3. The van der Waals surface area contributed by atoms with E-state index in [0.29, 0.717) is 0 Å². The van der Waals surface area contributed by atoms with Crippen LogP contribution in [0.2, 0.25) is 0 Å². The lowest BCUT2D eigenvalue weighted by Gasteiger charge is -2.28. The summed E-state index contributed by atoms with van der Waals surface area (Å²) in [4.78, 5) is 23.2. The van der Waals surface area contributed by atoms with E-state index in [2.05, 4.69) is 5.32 Å². The molecule has 2 N–H and O–H groups in total. The second-order valence-corrected chi connectivity index (χ2v) is 9.04. The van der Waals surface area contributed by atoms with Crippen molar-refractivity contribution >= 4 is 22.0 Å². The quantitative estimate of drug-likeness (QED) is 0.770. The molecule has 0 fully saturated rings. The number of sulfonamides is 1. The van der Waals surface area contributed by atoms with Gasteiger partial charge in [0, 0.05) is 11.5 Å². The number of ether oxygens (including phenoxy) is 1. The minimum absolute atomic E-state index is 0.146. The summed E-state index contributed by atoms with van der Waals surface area (Å²) in [7, 11) is -3.72. The summed E-state index contributed by atoms with van der Waals surface area (Å²) in [6.45, 7) is 11.8. The maximum Gasteiger partial charge on any atom is 0.408 e. The number of hydrogen-bond donors (Lipinski definition) is 2. The highest BCUT2D eigenvalue weighted by Crippen LogP contribution is 2.13. The zero-order valence-electron chi connectivity index (χ0n) is 14.4. The molecule has 0 saturated carbocycles. The lowest BCUT2D eigenvalue weighted by Crippen LogP contribution is -2.47. The van der Waals surface area contributed by atoms with Crippen LogP contribution >= 0.6 is 0 Å². The molecule has 0 bridgehead atoms. The van der Waals surface area contributed by atoms with Crippen molar-refractivity contribution in [2.45, 2.75) is 66.0 Å². The van der Waals surface area contributed by atoms with Crippen LogP contribution in [0.3, 0.4) is 0 Å². The second kappa shape index (κ2) is 7.30. The molecule has 22 heavy (non-hydrogen) atoms. The van der Waals surface area contributed by atoms with Gasteiger partial charge in [-0.05, 0) is 41.0 Å². The maximum absolute atomic E-state index is 11.8. The predicted octanol–water partition coefficient (Wildman–Crippen LogP) is 1.78. The molecule has 0 unspecified atom stereocenters. The van der Waals surface area contributed by atoms with Crippen LogP contribution in [0.4, 0.5) is 4.79 Å². The average Bonchev–Trinajstić information content (AvgIpc) is 2.22. The highest BCUT2D eigenvalue weighted by molar-refractivity contribution is 7.90. The number of nitrogens with one attached hydrogen (secondary N) is 2. The third kappa shape index (κ3) is 9.59. The fourth-order valence-corrected chi connectivity index (χ4v) is 2.78. The summed E-state index contributed by atoms with van der Waals surface area (Å²) in [5.41, 5.74) is -1.41. The Kier molecular flexibility index (Phi) is 6.87. The second-order valence-electron chi connectivity index (χ2n) is 7.20. The van der Waals surface area contributed by atoms with E-state index in [1.807, 2.05) is 4.72 Å². The van der Waals surface area contributed by atoms with Crippen LogP contribution in [0.1, 0.15) is 54.9 Å². The van der Waals surface area contributed by atoms with Crippen LogP contribution in [0.25, 0.3) is 0 Å². The Morgan fingerprint density at radius 1 is 1.09 bits per heavy atom. The van der Waals surface area contributed by atoms with Crippen molar-refractivity contribution < 1.29 is 22.7 Å². The monoisotopic (exact) mass is 336 g/mol. The Morgan fingerprint density at radius 3 is 2.00 bits per heavy atom. The molecule has 8 heteroatoms. The van der Waals surface area contributed by atoms with Crippen molar-refractivity contribution in [1.82, 2.24) is 10.0 Å². The van der Waals surface area contributed by atoms with Crippen LogP contribution in [0.15, 0.2) is 0 Å². The molecule has 130 valence electrons. The smallest absolute Gasteiger partial charge is 0.408 e. The summed E-state index contributed by atoms with van der Waals surface area (Å²) >= 11 is 0. The van der Waals surface area contributed by atoms with E-state index in [1.54, 1.807) is 48.5 Å². The summed E-state index contributed by atoms with van der Waals surface area (Å²) in [6.07, 6.45) is -0.464. The number of hydrogen-bond acceptors (Lipinski definition) is 5. The molecule has 0 radical (unpaired) electrons. The topological polar surface area (TPSA) is 102 Å². The van der Waals surface area contributed by atoms with E-state index < -0.39 is 39.1 Å². The van der Waals surface area contributed by atoms with Gasteiger partial charge < -0.3 is 10.1 Å². The minimum atomic E-state index is -3.72. The molecule has 7 nitrogen and oxygen atoms in total. The molecular weight excluding hydrogens is 308 g/mol. The van der Waals surface area contributed by atoms with Crippen LogP contribution in [0.5, 0.6) is 0 Å². The molecule has 2 amide bonds. The Labute approximate surface area is 133 Å². The van der Waals surface area contributed by atoms with E-state index >= 15 is 0 Å². The number of alkyl carbamates (subject to hydrolysis) is 1. The lowest BCUT2D eigenvalue weighted by molar-refractivity contribution is -0.122. The van der Waals surface area contributed by atoms with Gasteiger partial charge in [-0.2, -0.15) is 0 Å². The van der Waals surface area contributed by atoms with Crippen LogP contribution in [0, 0.1) is 5.92 Å². The molecule has 0 atom stereocenters. The van der Waals surface area contributed by atoms with Gasteiger partial charge in [0.05, 0.1) is 5.75 Å². The fourth-order valence-electron chi connectivity index (χ4n) is 1.35. The van der Waals surface area contributed by atoms with Crippen molar-refractivity contribution in [2.24, 2.45) is 5.92 Å². The maximum atomic E-state index is 11.8. The number of amides is 2. The third-order valence-corrected chi connectivity index (χ3v) is 3.87. The standard InChI is InChI=1S/C14H28N2O5S/c1-10(2)11(17)16-22(19,20)9-8-14(6,7)15-12(18)21-13(3,4)5/h10H,8-9H2,1-7H3,(H,15,18)(H,16,17). The van der Waals surface area contributed by atoms with E-state index in [1.165, 1.54) is 0 Å². The van der Waals surface area contributed by atoms with Crippen LogP contribution in [-0.2, 0) is 19.6 Å². The zero-order chi connectivity index (χ0) is 17.8. The van der Waals surface area contributed by atoms with Crippen molar-refractivity contribution in [3.05, 3.63) is 0 Å². The fraction of sp³-hybridized carbons (Fsp3) is 0.857. The van der Waals surface area contributed by atoms with Gasteiger partial charge in [-0.1, -0.05) is 13.8 Å². The Morgan fingerprint density at radius 2 is 1.59 bits per heavy atom. The summed E-state index contributed by atoms with van der Waals surface area (Å²) in [6, 6.07) is 0. The van der Waals surface area contributed by atoms with Gasteiger partial charge in [0.15, 0.2) is 0 Å². The van der Waals surface area contributed by atoms with E-state index in [-0.39, 0.29) is 12.2 Å². The molecular formula is C14H28N2O5S. The number of carbonyl (C=O) groups is 2. The third-order valence-electron chi connectivity index (χ3n) is 2.62.